The maximum Gasteiger partial charge on any atom is 0.269 e. The van der Waals surface area contributed by atoms with Gasteiger partial charge in [0.2, 0.25) is 0 Å². The molecule has 1 aromatic rings. The molecule has 0 aliphatic heterocycles. The van der Waals surface area contributed by atoms with E-state index >= 15 is 0 Å². The molecule has 2 rings (SSSR count). The first-order chi connectivity index (χ1) is 9.20. The summed E-state index contributed by atoms with van der Waals surface area (Å²) in [7, 11) is 2.11. The van der Waals surface area contributed by atoms with Crippen molar-refractivity contribution >= 4 is 11.6 Å². The highest BCUT2D eigenvalue weighted by molar-refractivity contribution is 5.93. The highest BCUT2D eigenvalue weighted by Gasteiger charge is 2.25. The van der Waals surface area contributed by atoms with Gasteiger partial charge in [0.05, 0.1) is 0 Å². The Labute approximate surface area is 114 Å². The van der Waals surface area contributed by atoms with Gasteiger partial charge in [-0.25, -0.2) is 0 Å². The lowest BCUT2D eigenvalue weighted by atomic mass is 10.3. The standard InChI is InChI=1S/C14H22N4O/c1-3-15-11-6-7-16-13(10-11)14(19)17-8-9-18(2)12-4-5-12/h6-7,10,12H,3-5,8-9H2,1-2H3,(H,15,16)(H,17,19). The number of pyridine rings is 1. The van der Waals surface area contributed by atoms with E-state index in [1.807, 2.05) is 13.0 Å². The van der Waals surface area contributed by atoms with Crippen LogP contribution in [-0.2, 0) is 0 Å². The van der Waals surface area contributed by atoms with Crippen molar-refractivity contribution in [2.45, 2.75) is 25.8 Å². The summed E-state index contributed by atoms with van der Waals surface area (Å²) in [5.41, 5.74) is 1.39. The fourth-order valence-electron chi connectivity index (χ4n) is 2.00. The molecule has 104 valence electrons. The minimum atomic E-state index is -0.107. The first-order valence-corrected chi connectivity index (χ1v) is 6.89. The third kappa shape index (κ3) is 4.21. The van der Waals surface area contributed by atoms with Crippen molar-refractivity contribution in [1.82, 2.24) is 15.2 Å². The molecule has 0 unspecified atom stereocenters. The molecule has 1 aliphatic rings. The van der Waals surface area contributed by atoms with Gasteiger partial charge in [0.25, 0.3) is 5.91 Å². The van der Waals surface area contributed by atoms with E-state index in [1.165, 1.54) is 12.8 Å². The second kappa shape index (κ2) is 6.52. The van der Waals surface area contributed by atoms with Gasteiger partial charge in [-0.05, 0) is 38.9 Å². The molecule has 1 amide bonds. The molecule has 0 aromatic carbocycles. The minimum Gasteiger partial charge on any atom is -0.385 e. The lowest BCUT2D eigenvalue weighted by molar-refractivity contribution is 0.0944. The van der Waals surface area contributed by atoms with Gasteiger partial charge in [-0.15, -0.1) is 0 Å². The summed E-state index contributed by atoms with van der Waals surface area (Å²) in [5.74, 6) is -0.107. The number of aromatic nitrogens is 1. The van der Waals surface area contributed by atoms with E-state index in [0.717, 1.165) is 24.8 Å². The van der Waals surface area contributed by atoms with E-state index < -0.39 is 0 Å². The molecule has 0 saturated heterocycles. The Bertz CT molecular complexity index is 431. The first kappa shape index (κ1) is 13.8. The van der Waals surface area contributed by atoms with Gasteiger partial charge < -0.3 is 15.5 Å². The second-order valence-electron chi connectivity index (χ2n) is 4.93. The average Bonchev–Trinajstić information content (AvgIpc) is 3.23. The summed E-state index contributed by atoms with van der Waals surface area (Å²) in [6.45, 7) is 4.41. The third-order valence-electron chi connectivity index (χ3n) is 3.29. The van der Waals surface area contributed by atoms with E-state index in [2.05, 4.69) is 27.6 Å². The van der Waals surface area contributed by atoms with Gasteiger partial charge in [-0.3, -0.25) is 9.78 Å². The lowest BCUT2D eigenvalue weighted by Gasteiger charge is -2.15. The van der Waals surface area contributed by atoms with E-state index in [9.17, 15) is 4.79 Å². The van der Waals surface area contributed by atoms with E-state index in [4.69, 9.17) is 0 Å². The van der Waals surface area contributed by atoms with Crippen LogP contribution in [0.25, 0.3) is 0 Å². The summed E-state index contributed by atoms with van der Waals surface area (Å²) in [6.07, 6.45) is 4.23. The quantitative estimate of drug-likeness (QED) is 0.778. The van der Waals surface area contributed by atoms with Crippen LogP contribution in [0.2, 0.25) is 0 Å². The number of carbonyl (C=O) groups excluding carboxylic acids is 1. The van der Waals surface area contributed by atoms with Crippen molar-refractivity contribution in [3.8, 4) is 0 Å². The molecule has 1 aliphatic carbocycles. The number of amides is 1. The zero-order valence-electron chi connectivity index (χ0n) is 11.6. The SMILES string of the molecule is CCNc1ccnc(C(=O)NCCN(C)C2CC2)c1. The molecule has 0 bridgehead atoms. The zero-order chi connectivity index (χ0) is 13.7. The normalized spacial score (nSPS) is 14.5. The maximum atomic E-state index is 11.9. The molecular weight excluding hydrogens is 240 g/mol. The number of hydrogen-bond donors (Lipinski definition) is 2. The summed E-state index contributed by atoms with van der Waals surface area (Å²) >= 11 is 0. The molecule has 5 heteroatoms. The van der Waals surface area contributed by atoms with Gasteiger partial charge >= 0.3 is 0 Å². The van der Waals surface area contributed by atoms with Crippen molar-refractivity contribution in [3.05, 3.63) is 24.0 Å². The fraction of sp³-hybridized carbons (Fsp3) is 0.571. The summed E-state index contributed by atoms with van der Waals surface area (Å²) in [4.78, 5) is 18.3. The average molecular weight is 262 g/mol. The molecule has 1 heterocycles. The number of nitrogens with one attached hydrogen (secondary N) is 2. The number of likely N-dealkylation sites (N-methyl/N-ethyl adjacent to an activating group) is 1. The Kier molecular flexibility index (Phi) is 4.74. The van der Waals surface area contributed by atoms with Crippen LogP contribution in [0.5, 0.6) is 0 Å². The van der Waals surface area contributed by atoms with Crippen molar-refractivity contribution in [3.63, 3.8) is 0 Å². The molecule has 5 nitrogen and oxygen atoms in total. The van der Waals surface area contributed by atoms with E-state index in [-0.39, 0.29) is 5.91 Å². The van der Waals surface area contributed by atoms with Crippen molar-refractivity contribution in [2.75, 3.05) is 32.0 Å². The Morgan fingerprint density at radius 3 is 3.00 bits per heavy atom. The molecule has 0 atom stereocenters. The predicted octanol–water partition coefficient (Wildman–Crippen LogP) is 1.34. The monoisotopic (exact) mass is 262 g/mol. The predicted molar refractivity (Wildman–Crippen MR) is 76.4 cm³/mol. The Hall–Kier alpha value is -1.62. The van der Waals surface area contributed by atoms with Crippen LogP contribution < -0.4 is 10.6 Å². The fourth-order valence-corrected chi connectivity index (χ4v) is 2.00. The van der Waals surface area contributed by atoms with Gasteiger partial charge in [0.1, 0.15) is 5.69 Å². The Morgan fingerprint density at radius 2 is 2.32 bits per heavy atom. The molecular formula is C14H22N4O. The van der Waals surface area contributed by atoms with Crippen LogP contribution in [0.1, 0.15) is 30.3 Å². The van der Waals surface area contributed by atoms with Gasteiger partial charge in [-0.2, -0.15) is 0 Å². The number of rotatable bonds is 7. The molecule has 1 fully saturated rings. The van der Waals surface area contributed by atoms with Crippen LogP contribution in [0.4, 0.5) is 5.69 Å². The van der Waals surface area contributed by atoms with E-state index in [0.29, 0.717) is 12.2 Å². The summed E-state index contributed by atoms with van der Waals surface area (Å²) in [6, 6.07) is 4.37. The van der Waals surface area contributed by atoms with E-state index in [1.54, 1.807) is 12.3 Å². The molecule has 0 radical (unpaired) electrons. The molecule has 0 spiro atoms. The Balaban J connectivity index is 1.79. The van der Waals surface area contributed by atoms with Crippen LogP contribution >= 0.6 is 0 Å². The molecule has 1 saturated carbocycles. The lowest BCUT2D eigenvalue weighted by Crippen LogP contribution is -2.34. The van der Waals surface area contributed by atoms with Crippen molar-refractivity contribution in [2.24, 2.45) is 0 Å². The van der Waals surface area contributed by atoms with Crippen molar-refractivity contribution < 1.29 is 4.79 Å². The number of hydrogen-bond acceptors (Lipinski definition) is 4. The third-order valence-corrected chi connectivity index (χ3v) is 3.29. The number of nitrogens with zero attached hydrogens (tertiary/aromatic N) is 2. The number of anilines is 1. The topological polar surface area (TPSA) is 57.3 Å². The van der Waals surface area contributed by atoms with Crippen LogP contribution in [0.3, 0.4) is 0 Å². The smallest absolute Gasteiger partial charge is 0.269 e. The Morgan fingerprint density at radius 1 is 1.53 bits per heavy atom. The highest BCUT2D eigenvalue weighted by Crippen LogP contribution is 2.24. The van der Waals surface area contributed by atoms with Crippen LogP contribution in [0.15, 0.2) is 18.3 Å². The van der Waals surface area contributed by atoms with Crippen LogP contribution in [0, 0.1) is 0 Å². The molecule has 1 aromatic heterocycles. The van der Waals surface area contributed by atoms with Gasteiger partial charge in [0, 0.05) is 37.6 Å². The summed E-state index contributed by atoms with van der Waals surface area (Å²) < 4.78 is 0. The summed E-state index contributed by atoms with van der Waals surface area (Å²) in [5, 5.41) is 6.08. The van der Waals surface area contributed by atoms with Crippen LogP contribution in [-0.4, -0.2) is 48.5 Å². The molecule has 2 N–H and O–H groups in total. The molecule has 19 heavy (non-hydrogen) atoms. The zero-order valence-corrected chi connectivity index (χ0v) is 11.6. The largest absolute Gasteiger partial charge is 0.385 e. The van der Waals surface area contributed by atoms with Crippen molar-refractivity contribution in [1.29, 1.82) is 0 Å². The highest BCUT2D eigenvalue weighted by atomic mass is 16.1. The van der Waals surface area contributed by atoms with Gasteiger partial charge in [-0.1, -0.05) is 0 Å². The van der Waals surface area contributed by atoms with Gasteiger partial charge in [0.15, 0.2) is 0 Å². The second-order valence-corrected chi connectivity index (χ2v) is 4.93. The first-order valence-electron chi connectivity index (χ1n) is 6.89. The maximum absolute atomic E-state index is 11.9. The number of carbonyl (C=O) groups is 1. The minimum absolute atomic E-state index is 0.107.